The molecule has 2 rings (SSSR count). The van der Waals surface area contributed by atoms with Crippen LogP contribution in [0.2, 0.25) is 10.0 Å². The summed E-state index contributed by atoms with van der Waals surface area (Å²) in [5.74, 6) is 0.473. The van der Waals surface area contributed by atoms with Crippen molar-refractivity contribution < 1.29 is 4.74 Å². The Kier molecular flexibility index (Phi) is 5.17. The zero-order valence-corrected chi connectivity index (χ0v) is 12.7. The van der Waals surface area contributed by atoms with E-state index in [0.29, 0.717) is 15.9 Å². The highest BCUT2D eigenvalue weighted by Gasteiger charge is 2.18. The summed E-state index contributed by atoms with van der Waals surface area (Å²) in [5.41, 5.74) is 1.64. The van der Waals surface area contributed by atoms with Gasteiger partial charge in [-0.1, -0.05) is 30.1 Å². The van der Waals surface area contributed by atoms with E-state index >= 15 is 0 Å². The highest BCUT2D eigenvalue weighted by Crippen LogP contribution is 2.30. The minimum atomic E-state index is -0.162. The van der Waals surface area contributed by atoms with E-state index in [9.17, 15) is 0 Å². The van der Waals surface area contributed by atoms with E-state index in [2.05, 4.69) is 15.5 Å². The van der Waals surface area contributed by atoms with Crippen LogP contribution >= 0.6 is 23.2 Å². The molecule has 1 unspecified atom stereocenters. The predicted octanol–water partition coefficient (Wildman–Crippen LogP) is 3.49. The van der Waals surface area contributed by atoms with Crippen molar-refractivity contribution in [2.45, 2.75) is 13.0 Å². The van der Waals surface area contributed by atoms with E-state index < -0.39 is 0 Å². The van der Waals surface area contributed by atoms with E-state index in [-0.39, 0.29) is 6.04 Å². The Balaban J connectivity index is 2.41. The van der Waals surface area contributed by atoms with Crippen molar-refractivity contribution in [2.24, 2.45) is 0 Å². The van der Waals surface area contributed by atoms with Crippen LogP contribution in [0.3, 0.4) is 0 Å². The first kappa shape index (κ1) is 15.0. The third-order valence-corrected chi connectivity index (χ3v) is 3.42. The molecule has 1 aromatic heterocycles. The first-order valence-electron chi connectivity index (χ1n) is 6.21. The average molecular weight is 312 g/mol. The number of nitrogens with one attached hydrogen (secondary N) is 1. The number of rotatable bonds is 5. The van der Waals surface area contributed by atoms with Gasteiger partial charge in [0.15, 0.2) is 0 Å². The first-order chi connectivity index (χ1) is 9.65. The third kappa shape index (κ3) is 3.39. The fourth-order valence-electron chi connectivity index (χ4n) is 1.91. The van der Waals surface area contributed by atoms with E-state index in [1.165, 1.54) is 0 Å². The molecule has 1 atom stereocenters. The lowest BCUT2D eigenvalue weighted by atomic mass is 10.0. The van der Waals surface area contributed by atoms with Crippen LogP contribution in [0.5, 0.6) is 5.88 Å². The molecule has 6 heteroatoms. The molecule has 0 aliphatic heterocycles. The van der Waals surface area contributed by atoms with Gasteiger partial charge >= 0.3 is 0 Å². The molecule has 0 saturated carbocycles. The maximum absolute atomic E-state index is 6.26. The zero-order chi connectivity index (χ0) is 14.5. The van der Waals surface area contributed by atoms with Gasteiger partial charge in [-0.15, -0.1) is 10.2 Å². The molecule has 20 heavy (non-hydrogen) atoms. The minimum absolute atomic E-state index is 0.162. The highest BCUT2D eigenvalue weighted by atomic mass is 35.5. The molecule has 106 valence electrons. The second-order valence-corrected chi connectivity index (χ2v) is 5.00. The van der Waals surface area contributed by atoms with Crippen molar-refractivity contribution in [1.29, 1.82) is 0 Å². The fourth-order valence-corrected chi connectivity index (χ4v) is 2.31. The Labute approximate surface area is 128 Å². The van der Waals surface area contributed by atoms with E-state index in [4.69, 9.17) is 27.9 Å². The number of hydrogen-bond donors (Lipinski definition) is 1. The number of ether oxygens (including phenoxy) is 1. The molecule has 0 aliphatic rings. The monoisotopic (exact) mass is 311 g/mol. The molecular formula is C14H15Cl2N3O. The lowest BCUT2D eigenvalue weighted by molar-refractivity contribution is 0.390. The molecule has 0 spiro atoms. The summed E-state index contributed by atoms with van der Waals surface area (Å²) in [6.45, 7) is 2.78. The van der Waals surface area contributed by atoms with Gasteiger partial charge in [-0.05, 0) is 36.4 Å². The minimum Gasteiger partial charge on any atom is -0.480 e. The smallest absolute Gasteiger partial charge is 0.233 e. The van der Waals surface area contributed by atoms with Crippen LogP contribution in [-0.2, 0) is 0 Å². The summed E-state index contributed by atoms with van der Waals surface area (Å²) in [5, 5.41) is 12.8. The van der Waals surface area contributed by atoms with E-state index in [1.807, 2.05) is 19.1 Å². The molecule has 1 aromatic carbocycles. The number of methoxy groups -OCH3 is 1. The number of nitrogens with zero attached hydrogens (tertiary/aromatic N) is 2. The van der Waals surface area contributed by atoms with Crippen LogP contribution in [0.25, 0.3) is 0 Å². The van der Waals surface area contributed by atoms with Crippen LogP contribution in [0.1, 0.15) is 24.2 Å². The van der Waals surface area contributed by atoms with Gasteiger partial charge in [0.05, 0.1) is 18.8 Å². The number of hydrogen-bond acceptors (Lipinski definition) is 4. The van der Waals surface area contributed by atoms with Crippen LogP contribution in [-0.4, -0.2) is 23.9 Å². The second kappa shape index (κ2) is 6.88. The van der Waals surface area contributed by atoms with E-state index in [0.717, 1.165) is 17.8 Å². The van der Waals surface area contributed by atoms with Gasteiger partial charge in [0.2, 0.25) is 5.88 Å². The van der Waals surface area contributed by atoms with Gasteiger partial charge in [0.25, 0.3) is 0 Å². The molecular weight excluding hydrogens is 297 g/mol. The Hall–Kier alpha value is -1.36. The van der Waals surface area contributed by atoms with Crippen LogP contribution in [0.4, 0.5) is 0 Å². The molecule has 0 bridgehead atoms. The molecule has 4 nitrogen and oxygen atoms in total. The summed E-state index contributed by atoms with van der Waals surface area (Å²) in [6.07, 6.45) is 0. The molecule has 0 aliphatic carbocycles. The molecule has 0 saturated heterocycles. The SMILES string of the molecule is CCNC(c1ccc(OC)nn1)c1cc(Cl)ccc1Cl. The summed E-state index contributed by atoms with van der Waals surface area (Å²) in [4.78, 5) is 0. The normalized spacial score (nSPS) is 12.2. The highest BCUT2D eigenvalue weighted by molar-refractivity contribution is 6.33. The third-order valence-electron chi connectivity index (χ3n) is 2.84. The summed E-state index contributed by atoms with van der Waals surface area (Å²) < 4.78 is 5.02. The van der Waals surface area contributed by atoms with Crippen molar-refractivity contribution in [1.82, 2.24) is 15.5 Å². The topological polar surface area (TPSA) is 47.0 Å². The van der Waals surface area contributed by atoms with Crippen molar-refractivity contribution in [3.63, 3.8) is 0 Å². The molecule has 0 amide bonds. The number of halogens is 2. The van der Waals surface area contributed by atoms with Crippen molar-refractivity contribution in [3.8, 4) is 5.88 Å². The lowest BCUT2D eigenvalue weighted by Gasteiger charge is -2.19. The standard InChI is InChI=1S/C14H15Cl2N3O/c1-3-17-14(10-8-9(15)4-5-11(10)16)12-6-7-13(20-2)19-18-12/h4-8,14,17H,3H2,1-2H3. The Morgan fingerprint density at radius 1 is 1.20 bits per heavy atom. The largest absolute Gasteiger partial charge is 0.480 e. The molecule has 2 aromatic rings. The van der Waals surface area contributed by atoms with E-state index in [1.54, 1.807) is 25.3 Å². The molecule has 1 N–H and O–H groups in total. The van der Waals surface area contributed by atoms with Crippen LogP contribution in [0, 0.1) is 0 Å². The van der Waals surface area contributed by atoms with Gasteiger partial charge in [-0.25, -0.2) is 0 Å². The second-order valence-electron chi connectivity index (χ2n) is 4.16. The number of benzene rings is 1. The Morgan fingerprint density at radius 3 is 2.60 bits per heavy atom. The van der Waals surface area contributed by atoms with Crippen LogP contribution in [0.15, 0.2) is 30.3 Å². The zero-order valence-electron chi connectivity index (χ0n) is 11.2. The van der Waals surface area contributed by atoms with Crippen molar-refractivity contribution in [2.75, 3.05) is 13.7 Å². The van der Waals surface area contributed by atoms with Gasteiger partial charge < -0.3 is 10.1 Å². The van der Waals surface area contributed by atoms with Gasteiger partial charge in [0.1, 0.15) is 0 Å². The Morgan fingerprint density at radius 2 is 2.00 bits per heavy atom. The lowest BCUT2D eigenvalue weighted by Crippen LogP contribution is -2.23. The molecule has 0 fully saturated rings. The maximum Gasteiger partial charge on any atom is 0.233 e. The van der Waals surface area contributed by atoms with Crippen molar-refractivity contribution >= 4 is 23.2 Å². The van der Waals surface area contributed by atoms with Gasteiger partial charge in [-0.3, -0.25) is 0 Å². The summed E-state index contributed by atoms with van der Waals surface area (Å²) in [7, 11) is 1.55. The molecule has 1 heterocycles. The maximum atomic E-state index is 6.26. The van der Waals surface area contributed by atoms with Gasteiger partial charge in [-0.2, -0.15) is 0 Å². The summed E-state index contributed by atoms with van der Waals surface area (Å²) in [6, 6.07) is 8.84. The molecule has 0 radical (unpaired) electrons. The first-order valence-corrected chi connectivity index (χ1v) is 6.97. The van der Waals surface area contributed by atoms with Crippen molar-refractivity contribution in [3.05, 3.63) is 51.6 Å². The predicted molar refractivity (Wildman–Crippen MR) is 80.6 cm³/mol. The van der Waals surface area contributed by atoms with Crippen LogP contribution < -0.4 is 10.1 Å². The quantitative estimate of drug-likeness (QED) is 0.918. The Bertz CT molecular complexity index is 575. The number of aromatic nitrogens is 2. The summed E-state index contributed by atoms with van der Waals surface area (Å²) >= 11 is 12.3. The average Bonchev–Trinajstić information content (AvgIpc) is 2.48. The fraction of sp³-hybridized carbons (Fsp3) is 0.286. The van der Waals surface area contributed by atoms with Gasteiger partial charge in [0, 0.05) is 16.1 Å².